The maximum Gasteiger partial charge on any atom is 0.150 e. The monoisotopic (exact) mass is 311 g/mol. The molecule has 4 heteroatoms. The average Bonchev–Trinajstić information content (AvgIpc) is 3.13. The second-order valence-corrected chi connectivity index (χ2v) is 5.61. The number of hydrogen-bond donors (Lipinski definition) is 1. The van der Waals surface area contributed by atoms with Crippen molar-refractivity contribution in [3.05, 3.63) is 28.2 Å². The number of nitrogens with one attached hydrogen (secondary N) is 1. The minimum atomic E-state index is 0.229. The molecule has 0 spiro atoms. The molecule has 1 aromatic carbocycles. The summed E-state index contributed by atoms with van der Waals surface area (Å²) in [6.45, 7) is 1.46. The van der Waals surface area contributed by atoms with Crippen LogP contribution in [0.4, 0.5) is 0 Å². The van der Waals surface area contributed by atoms with E-state index in [1.807, 2.05) is 18.2 Å². The first-order valence-electron chi connectivity index (χ1n) is 6.24. The van der Waals surface area contributed by atoms with Crippen molar-refractivity contribution in [1.82, 2.24) is 5.32 Å². The summed E-state index contributed by atoms with van der Waals surface area (Å²) in [4.78, 5) is 11.8. The van der Waals surface area contributed by atoms with Gasteiger partial charge in [-0.05, 0) is 58.9 Å². The maximum atomic E-state index is 11.8. The second kappa shape index (κ2) is 6.34. The summed E-state index contributed by atoms with van der Waals surface area (Å²) in [5, 5.41) is 3.22. The molecular weight excluding hydrogens is 294 g/mol. The Morgan fingerprint density at radius 1 is 1.50 bits per heavy atom. The molecule has 0 atom stereocenters. The zero-order valence-electron chi connectivity index (χ0n) is 10.5. The van der Waals surface area contributed by atoms with Crippen molar-refractivity contribution in [1.29, 1.82) is 0 Å². The van der Waals surface area contributed by atoms with Crippen LogP contribution in [-0.2, 0) is 11.2 Å². The van der Waals surface area contributed by atoms with Gasteiger partial charge in [-0.1, -0.05) is 6.07 Å². The van der Waals surface area contributed by atoms with E-state index >= 15 is 0 Å². The van der Waals surface area contributed by atoms with E-state index < -0.39 is 0 Å². The number of rotatable bonds is 7. The summed E-state index contributed by atoms with van der Waals surface area (Å²) in [6, 6.07) is 5.75. The lowest BCUT2D eigenvalue weighted by Gasteiger charge is -2.06. The standard InChI is InChI=1S/C14H18BrNO2/c1-18-14-5-4-11(7-13(14)15)6-12(17)9-16-8-10-2-3-10/h4-5,7,10,16H,2-3,6,8-9H2,1H3. The van der Waals surface area contributed by atoms with Gasteiger partial charge in [-0.3, -0.25) is 4.79 Å². The van der Waals surface area contributed by atoms with Crippen molar-refractivity contribution < 1.29 is 9.53 Å². The van der Waals surface area contributed by atoms with E-state index in [0.29, 0.717) is 13.0 Å². The predicted molar refractivity (Wildman–Crippen MR) is 75.0 cm³/mol. The smallest absolute Gasteiger partial charge is 0.150 e. The number of carbonyl (C=O) groups excluding carboxylic acids is 1. The summed E-state index contributed by atoms with van der Waals surface area (Å²) in [5.41, 5.74) is 1.01. The number of hydrogen-bond acceptors (Lipinski definition) is 3. The van der Waals surface area contributed by atoms with Gasteiger partial charge in [0.15, 0.2) is 5.78 Å². The van der Waals surface area contributed by atoms with Crippen LogP contribution in [0.3, 0.4) is 0 Å². The molecule has 1 aliphatic rings. The van der Waals surface area contributed by atoms with Crippen LogP contribution in [0.25, 0.3) is 0 Å². The minimum absolute atomic E-state index is 0.229. The highest BCUT2D eigenvalue weighted by Gasteiger charge is 2.20. The third-order valence-electron chi connectivity index (χ3n) is 3.07. The minimum Gasteiger partial charge on any atom is -0.496 e. The van der Waals surface area contributed by atoms with Crippen LogP contribution < -0.4 is 10.1 Å². The van der Waals surface area contributed by atoms with E-state index in [0.717, 1.165) is 28.2 Å². The van der Waals surface area contributed by atoms with Crippen LogP contribution in [-0.4, -0.2) is 26.0 Å². The number of ether oxygens (including phenoxy) is 1. The molecule has 0 amide bonds. The lowest BCUT2D eigenvalue weighted by atomic mass is 10.1. The Balaban J connectivity index is 1.80. The summed E-state index contributed by atoms with van der Waals surface area (Å²) in [6.07, 6.45) is 3.10. The van der Waals surface area contributed by atoms with Gasteiger partial charge in [0.25, 0.3) is 0 Å². The molecule has 1 fully saturated rings. The van der Waals surface area contributed by atoms with Crippen LogP contribution in [0.2, 0.25) is 0 Å². The molecule has 98 valence electrons. The Kier molecular flexibility index (Phi) is 4.78. The van der Waals surface area contributed by atoms with Crippen molar-refractivity contribution in [3.8, 4) is 5.75 Å². The number of benzene rings is 1. The highest BCUT2D eigenvalue weighted by molar-refractivity contribution is 9.10. The first kappa shape index (κ1) is 13.6. The zero-order chi connectivity index (χ0) is 13.0. The molecule has 0 aliphatic heterocycles. The quantitative estimate of drug-likeness (QED) is 0.841. The molecule has 18 heavy (non-hydrogen) atoms. The average molecular weight is 312 g/mol. The van der Waals surface area contributed by atoms with Crippen LogP contribution in [0, 0.1) is 5.92 Å². The van der Waals surface area contributed by atoms with Gasteiger partial charge in [-0.2, -0.15) is 0 Å². The van der Waals surface area contributed by atoms with Gasteiger partial charge in [-0.25, -0.2) is 0 Å². The molecule has 1 aliphatic carbocycles. The molecular formula is C14H18BrNO2. The van der Waals surface area contributed by atoms with E-state index in [2.05, 4.69) is 21.2 Å². The van der Waals surface area contributed by atoms with Crippen molar-refractivity contribution in [2.75, 3.05) is 20.2 Å². The van der Waals surface area contributed by atoms with Gasteiger partial charge in [0, 0.05) is 6.42 Å². The van der Waals surface area contributed by atoms with E-state index in [9.17, 15) is 4.79 Å². The Bertz CT molecular complexity index is 430. The van der Waals surface area contributed by atoms with Crippen molar-refractivity contribution >= 4 is 21.7 Å². The number of carbonyl (C=O) groups is 1. The lowest BCUT2D eigenvalue weighted by Crippen LogP contribution is -2.26. The van der Waals surface area contributed by atoms with Crippen molar-refractivity contribution in [3.63, 3.8) is 0 Å². The summed E-state index contributed by atoms with van der Waals surface area (Å²) in [5.74, 6) is 1.83. The van der Waals surface area contributed by atoms with Gasteiger partial charge < -0.3 is 10.1 Å². The fourth-order valence-electron chi connectivity index (χ4n) is 1.85. The zero-order valence-corrected chi connectivity index (χ0v) is 12.1. The van der Waals surface area contributed by atoms with Crippen LogP contribution in [0.1, 0.15) is 18.4 Å². The molecule has 1 N–H and O–H groups in total. The number of halogens is 1. The second-order valence-electron chi connectivity index (χ2n) is 4.76. The molecule has 1 saturated carbocycles. The molecule has 1 aromatic rings. The van der Waals surface area contributed by atoms with Crippen molar-refractivity contribution in [2.24, 2.45) is 5.92 Å². The van der Waals surface area contributed by atoms with E-state index in [1.165, 1.54) is 12.8 Å². The van der Waals surface area contributed by atoms with Gasteiger partial charge in [-0.15, -0.1) is 0 Å². The molecule has 3 nitrogen and oxygen atoms in total. The number of ketones is 1. The summed E-state index contributed by atoms with van der Waals surface area (Å²) >= 11 is 3.43. The topological polar surface area (TPSA) is 38.3 Å². The van der Waals surface area contributed by atoms with Gasteiger partial charge in [0.1, 0.15) is 5.75 Å². The normalized spacial score (nSPS) is 14.6. The van der Waals surface area contributed by atoms with Crippen LogP contribution in [0.15, 0.2) is 22.7 Å². The van der Waals surface area contributed by atoms with E-state index in [-0.39, 0.29) is 5.78 Å². The number of Topliss-reactive ketones (excluding diaryl/α,β-unsaturated/α-hetero) is 1. The largest absolute Gasteiger partial charge is 0.496 e. The highest BCUT2D eigenvalue weighted by atomic mass is 79.9. The van der Waals surface area contributed by atoms with Crippen molar-refractivity contribution in [2.45, 2.75) is 19.3 Å². The molecule has 2 rings (SSSR count). The highest BCUT2D eigenvalue weighted by Crippen LogP contribution is 2.27. The third-order valence-corrected chi connectivity index (χ3v) is 3.69. The van der Waals surface area contributed by atoms with Gasteiger partial charge >= 0.3 is 0 Å². The first-order valence-corrected chi connectivity index (χ1v) is 7.03. The Morgan fingerprint density at radius 2 is 2.28 bits per heavy atom. The molecule has 0 unspecified atom stereocenters. The maximum absolute atomic E-state index is 11.8. The summed E-state index contributed by atoms with van der Waals surface area (Å²) < 4.78 is 6.05. The first-order chi connectivity index (χ1) is 8.69. The fraction of sp³-hybridized carbons (Fsp3) is 0.500. The predicted octanol–water partition coefficient (Wildman–Crippen LogP) is 2.57. The Morgan fingerprint density at radius 3 is 2.89 bits per heavy atom. The van der Waals surface area contributed by atoms with Crippen LogP contribution >= 0.6 is 15.9 Å². The SMILES string of the molecule is COc1ccc(CC(=O)CNCC2CC2)cc1Br. The van der Waals surface area contributed by atoms with Gasteiger partial charge in [0.05, 0.1) is 18.1 Å². The van der Waals surface area contributed by atoms with Crippen LogP contribution in [0.5, 0.6) is 5.75 Å². The molecule has 0 aromatic heterocycles. The fourth-order valence-corrected chi connectivity index (χ4v) is 2.44. The Labute approximate surface area is 116 Å². The third kappa shape index (κ3) is 4.10. The molecule has 0 saturated heterocycles. The molecule has 0 radical (unpaired) electrons. The summed E-state index contributed by atoms with van der Waals surface area (Å²) in [7, 11) is 1.63. The molecule has 0 bridgehead atoms. The van der Waals surface area contributed by atoms with E-state index in [4.69, 9.17) is 4.74 Å². The number of methoxy groups -OCH3 is 1. The Hall–Kier alpha value is -0.870. The van der Waals surface area contributed by atoms with E-state index in [1.54, 1.807) is 7.11 Å². The molecule has 0 heterocycles. The lowest BCUT2D eigenvalue weighted by molar-refractivity contribution is -0.117. The van der Waals surface area contributed by atoms with Gasteiger partial charge in [0.2, 0.25) is 0 Å².